The Morgan fingerprint density at radius 2 is 1.42 bits per heavy atom. The molecule has 2 amide bonds. The van der Waals surface area contributed by atoms with Gasteiger partial charge in [-0.15, -0.1) is 0 Å². The molecule has 2 atom stereocenters. The van der Waals surface area contributed by atoms with Gasteiger partial charge in [-0.2, -0.15) is 0 Å². The number of alkyl carbamates (subject to hydrolysis) is 1. The van der Waals surface area contributed by atoms with Crippen molar-refractivity contribution in [3.05, 3.63) is 59.7 Å². The number of aliphatic carboxylic acids is 1. The van der Waals surface area contributed by atoms with Crippen molar-refractivity contribution in [1.82, 2.24) is 10.6 Å². The van der Waals surface area contributed by atoms with E-state index in [9.17, 15) is 14.4 Å². The van der Waals surface area contributed by atoms with E-state index in [2.05, 4.69) is 22.8 Å². The molecule has 0 radical (unpaired) electrons. The molecule has 3 N–H and O–H groups in total. The summed E-state index contributed by atoms with van der Waals surface area (Å²) in [5.41, 5.74) is 4.50. The topological polar surface area (TPSA) is 105 Å². The fourth-order valence-corrected chi connectivity index (χ4v) is 4.22. The third-order valence-electron chi connectivity index (χ3n) is 6.09. The highest BCUT2D eigenvalue weighted by Crippen LogP contribution is 2.44. The molecule has 0 bridgehead atoms. The van der Waals surface area contributed by atoms with Crippen LogP contribution in [-0.4, -0.2) is 41.8 Å². The summed E-state index contributed by atoms with van der Waals surface area (Å²) in [7, 11) is 0. The molecule has 1 aliphatic carbocycles. The Labute approximate surface area is 194 Å². The second-order valence-electron chi connectivity index (χ2n) is 9.15. The predicted octanol–water partition coefficient (Wildman–Crippen LogP) is 4.17. The number of ether oxygens (including phenoxy) is 1. The molecule has 0 saturated carbocycles. The van der Waals surface area contributed by atoms with Crippen LogP contribution < -0.4 is 10.6 Å². The maximum atomic E-state index is 12.8. The van der Waals surface area contributed by atoms with Crippen LogP contribution in [0, 0.1) is 11.8 Å². The molecule has 0 aromatic heterocycles. The molecular formula is C26H32N2O5. The molecule has 2 aromatic carbocycles. The van der Waals surface area contributed by atoms with Gasteiger partial charge in [-0.1, -0.05) is 76.2 Å². The van der Waals surface area contributed by atoms with Gasteiger partial charge >= 0.3 is 12.1 Å². The summed E-state index contributed by atoms with van der Waals surface area (Å²) in [5.74, 6) is -1.75. The van der Waals surface area contributed by atoms with Crippen molar-refractivity contribution < 1.29 is 24.2 Å². The Balaban J connectivity index is 1.65. The van der Waals surface area contributed by atoms with E-state index in [-0.39, 0.29) is 30.8 Å². The third kappa shape index (κ3) is 5.72. The van der Waals surface area contributed by atoms with E-state index in [0.717, 1.165) is 22.3 Å². The number of hydrogen-bond acceptors (Lipinski definition) is 4. The Kier molecular flexibility index (Phi) is 7.74. The lowest BCUT2D eigenvalue weighted by atomic mass is 9.98. The zero-order chi connectivity index (χ0) is 24.1. The number of carboxylic acids is 1. The van der Waals surface area contributed by atoms with Crippen molar-refractivity contribution >= 4 is 18.0 Å². The van der Waals surface area contributed by atoms with E-state index in [1.54, 1.807) is 0 Å². The molecule has 0 fully saturated rings. The van der Waals surface area contributed by atoms with Gasteiger partial charge in [0.25, 0.3) is 0 Å². The van der Waals surface area contributed by atoms with Crippen LogP contribution in [0.5, 0.6) is 0 Å². The van der Waals surface area contributed by atoms with Gasteiger partial charge in [0.05, 0.1) is 6.42 Å². The van der Waals surface area contributed by atoms with Crippen LogP contribution >= 0.6 is 0 Å². The molecule has 7 heteroatoms. The molecule has 0 heterocycles. The average Bonchev–Trinajstić information content (AvgIpc) is 3.08. The summed E-state index contributed by atoms with van der Waals surface area (Å²) >= 11 is 0. The smallest absolute Gasteiger partial charge is 0.407 e. The number of carbonyl (C=O) groups excluding carboxylic acids is 2. The molecule has 33 heavy (non-hydrogen) atoms. The molecule has 176 valence electrons. The van der Waals surface area contributed by atoms with Gasteiger partial charge in [-0.3, -0.25) is 9.59 Å². The number of rotatable bonds is 9. The molecule has 7 nitrogen and oxygen atoms in total. The normalized spacial score (nSPS) is 14.4. The zero-order valence-electron chi connectivity index (χ0n) is 19.5. The first-order chi connectivity index (χ1) is 15.7. The van der Waals surface area contributed by atoms with Crippen LogP contribution in [-0.2, 0) is 14.3 Å². The first kappa shape index (κ1) is 24.3. The van der Waals surface area contributed by atoms with Crippen LogP contribution in [0.25, 0.3) is 11.1 Å². The number of benzene rings is 2. The van der Waals surface area contributed by atoms with E-state index in [4.69, 9.17) is 9.84 Å². The van der Waals surface area contributed by atoms with Crippen molar-refractivity contribution in [2.24, 2.45) is 11.8 Å². The van der Waals surface area contributed by atoms with Crippen LogP contribution in [0.2, 0.25) is 0 Å². The summed E-state index contributed by atoms with van der Waals surface area (Å²) in [6.45, 7) is 7.47. The summed E-state index contributed by atoms with van der Waals surface area (Å²) in [5, 5.41) is 14.5. The number of carboxylic acid groups (broad SMARTS) is 1. The first-order valence-corrected chi connectivity index (χ1v) is 11.3. The highest BCUT2D eigenvalue weighted by molar-refractivity contribution is 5.86. The lowest BCUT2D eigenvalue weighted by Gasteiger charge is -2.26. The molecule has 0 aliphatic heterocycles. The summed E-state index contributed by atoms with van der Waals surface area (Å²) in [4.78, 5) is 36.6. The number of amides is 2. The standard InChI is InChI=1S/C26H32N2O5/c1-15(2)22(13-23(29)30)27-25(31)24(16(3)4)28-26(32)33-14-21-19-11-7-5-9-17(19)18-10-6-8-12-20(18)21/h5-12,15-16,21-22,24H,13-14H2,1-4H3,(H,27,31)(H,28,32)(H,29,30). The second-order valence-corrected chi connectivity index (χ2v) is 9.15. The molecule has 2 aromatic rings. The number of fused-ring (bicyclic) bond motifs is 3. The summed E-state index contributed by atoms with van der Waals surface area (Å²) in [6.07, 6.45) is -0.857. The van der Waals surface area contributed by atoms with Gasteiger partial charge in [-0.05, 0) is 34.1 Å². The van der Waals surface area contributed by atoms with E-state index in [0.29, 0.717) is 0 Å². The van der Waals surface area contributed by atoms with E-state index < -0.39 is 30.1 Å². The molecule has 0 spiro atoms. The number of nitrogens with one attached hydrogen (secondary N) is 2. The molecule has 1 aliphatic rings. The van der Waals surface area contributed by atoms with Crippen molar-refractivity contribution in [3.63, 3.8) is 0 Å². The van der Waals surface area contributed by atoms with Crippen molar-refractivity contribution in [3.8, 4) is 11.1 Å². The molecule has 3 rings (SSSR count). The minimum absolute atomic E-state index is 0.0627. The second kappa shape index (κ2) is 10.5. The van der Waals surface area contributed by atoms with E-state index in [1.165, 1.54) is 0 Å². The Bertz CT molecular complexity index is 972. The van der Waals surface area contributed by atoms with Gasteiger partial charge in [0.15, 0.2) is 0 Å². The molecule has 2 unspecified atom stereocenters. The lowest BCUT2D eigenvalue weighted by Crippen LogP contribution is -2.53. The SMILES string of the molecule is CC(C)C(CC(=O)O)NC(=O)C(NC(=O)OCC1c2ccccc2-c2ccccc21)C(C)C. The average molecular weight is 453 g/mol. The van der Waals surface area contributed by atoms with Crippen LogP contribution in [0.3, 0.4) is 0 Å². The van der Waals surface area contributed by atoms with Gasteiger partial charge in [-0.25, -0.2) is 4.79 Å². The van der Waals surface area contributed by atoms with Gasteiger partial charge < -0.3 is 20.5 Å². The number of carbonyl (C=O) groups is 3. The summed E-state index contributed by atoms with van der Waals surface area (Å²) < 4.78 is 5.56. The van der Waals surface area contributed by atoms with E-state index >= 15 is 0 Å². The summed E-state index contributed by atoms with van der Waals surface area (Å²) in [6, 6.07) is 14.8. The zero-order valence-corrected chi connectivity index (χ0v) is 19.5. The Hall–Kier alpha value is -3.35. The molecular weight excluding hydrogens is 420 g/mol. The minimum Gasteiger partial charge on any atom is -0.481 e. The van der Waals surface area contributed by atoms with Gasteiger partial charge in [0.2, 0.25) is 5.91 Å². The van der Waals surface area contributed by atoms with Crippen LogP contribution in [0.4, 0.5) is 4.79 Å². The fraction of sp³-hybridized carbons (Fsp3) is 0.423. The van der Waals surface area contributed by atoms with Gasteiger partial charge in [0.1, 0.15) is 12.6 Å². The van der Waals surface area contributed by atoms with Gasteiger partial charge in [0, 0.05) is 12.0 Å². The van der Waals surface area contributed by atoms with Crippen LogP contribution in [0.1, 0.15) is 51.2 Å². The fourth-order valence-electron chi connectivity index (χ4n) is 4.22. The largest absolute Gasteiger partial charge is 0.481 e. The van der Waals surface area contributed by atoms with Crippen molar-refractivity contribution in [2.75, 3.05) is 6.61 Å². The minimum atomic E-state index is -0.986. The highest BCUT2D eigenvalue weighted by atomic mass is 16.5. The van der Waals surface area contributed by atoms with Crippen molar-refractivity contribution in [2.45, 2.75) is 52.1 Å². The first-order valence-electron chi connectivity index (χ1n) is 11.3. The maximum Gasteiger partial charge on any atom is 0.407 e. The predicted molar refractivity (Wildman–Crippen MR) is 126 cm³/mol. The van der Waals surface area contributed by atoms with Crippen LogP contribution in [0.15, 0.2) is 48.5 Å². The third-order valence-corrected chi connectivity index (χ3v) is 6.09. The Morgan fingerprint density at radius 3 is 1.91 bits per heavy atom. The molecule has 0 saturated heterocycles. The highest BCUT2D eigenvalue weighted by Gasteiger charge is 2.31. The number of hydrogen-bond donors (Lipinski definition) is 3. The maximum absolute atomic E-state index is 12.8. The van der Waals surface area contributed by atoms with E-state index in [1.807, 2.05) is 64.1 Å². The monoisotopic (exact) mass is 452 g/mol. The quantitative estimate of drug-likeness (QED) is 0.530. The van der Waals surface area contributed by atoms with Crippen molar-refractivity contribution in [1.29, 1.82) is 0 Å². The lowest BCUT2D eigenvalue weighted by molar-refractivity contribution is -0.138. The Morgan fingerprint density at radius 1 is 0.879 bits per heavy atom.